The number of H-pyrrole nitrogens is 2. The summed E-state index contributed by atoms with van der Waals surface area (Å²) in [6, 6.07) is 0. The highest BCUT2D eigenvalue weighted by Gasteiger charge is 2.22. The molecule has 0 radical (unpaired) electrons. The average Bonchev–Trinajstić information content (AvgIpc) is 2.45. The molecular weight excluding hydrogens is 260 g/mol. The van der Waals surface area contributed by atoms with Crippen molar-refractivity contribution in [1.82, 2.24) is 20.2 Å². The summed E-state index contributed by atoms with van der Waals surface area (Å²) in [6.45, 7) is 5.01. The molecule has 7 nitrogen and oxygen atoms in total. The molecule has 7 heteroatoms. The number of rotatable bonds is 4. The van der Waals surface area contributed by atoms with Crippen LogP contribution in [0.3, 0.4) is 0 Å². The van der Waals surface area contributed by atoms with Gasteiger partial charge in [-0.1, -0.05) is 0 Å². The van der Waals surface area contributed by atoms with Gasteiger partial charge in [-0.25, -0.2) is 4.79 Å². The molecule has 1 aliphatic heterocycles. The van der Waals surface area contributed by atoms with Crippen molar-refractivity contribution in [3.8, 4) is 0 Å². The van der Waals surface area contributed by atoms with E-state index in [0.717, 1.165) is 25.9 Å². The highest BCUT2D eigenvalue weighted by molar-refractivity contribution is 5.93. The van der Waals surface area contributed by atoms with Gasteiger partial charge in [-0.2, -0.15) is 0 Å². The largest absolute Gasteiger partial charge is 0.338 e. The molecule has 0 unspecified atom stereocenters. The van der Waals surface area contributed by atoms with Crippen LogP contribution in [-0.2, 0) is 0 Å². The van der Waals surface area contributed by atoms with Gasteiger partial charge < -0.3 is 15.2 Å². The first kappa shape index (κ1) is 14.5. The Labute approximate surface area is 116 Å². The van der Waals surface area contributed by atoms with Crippen LogP contribution in [0.15, 0.2) is 15.8 Å². The van der Waals surface area contributed by atoms with E-state index >= 15 is 0 Å². The lowest BCUT2D eigenvalue weighted by Gasteiger charge is -2.29. The number of nitrogens with zero attached hydrogens (tertiary/aromatic N) is 1. The third-order valence-corrected chi connectivity index (χ3v) is 3.66. The molecule has 3 N–H and O–H groups in total. The number of carbonyl (C=O) groups excluding carboxylic acids is 1. The van der Waals surface area contributed by atoms with Crippen LogP contribution in [0.5, 0.6) is 0 Å². The minimum Gasteiger partial charge on any atom is -0.338 e. The fourth-order valence-corrected chi connectivity index (χ4v) is 2.47. The van der Waals surface area contributed by atoms with Crippen molar-refractivity contribution in [3.05, 3.63) is 32.6 Å². The summed E-state index contributed by atoms with van der Waals surface area (Å²) in [7, 11) is 0. The summed E-state index contributed by atoms with van der Waals surface area (Å²) in [5, 5.41) is 3.28. The smallest absolute Gasteiger partial charge is 0.325 e. The average molecular weight is 280 g/mol. The lowest BCUT2D eigenvalue weighted by molar-refractivity contribution is 0.0724. The fourth-order valence-electron chi connectivity index (χ4n) is 2.47. The summed E-state index contributed by atoms with van der Waals surface area (Å²) < 4.78 is 0. The number of aromatic amines is 2. The highest BCUT2D eigenvalue weighted by atomic mass is 16.2. The zero-order valence-electron chi connectivity index (χ0n) is 11.6. The number of hydrogen-bond donors (Lipinski definition) is 3. The molecule has 2 heterocycles. The van der Waals surface area contributed by atoms with Crippen LogP contribution in [0.25, 0.3) is 0 Å². The summed E-state index contributed by atoms with van der Waals surface area (Å²) in [5.41, 5.74) is -1.25. The Hall–Kier alpha value is -1.89. The molecule has 1 aromatic heterocycles. The second-order valence-corrected chi connectivity index (χ2v) is 5.02. The van der Waals surface area contributed by atoms with Gasteiger partial charge in [0.15, 0.2) is 0 Å². The number of nitrogens with one attached hydrogen (secondary N) is 3. The van der Waals surface area contributed by atoms with E-state index in [1.165, 1.54) is 6.20 Å². The summed E-state index contributed by atoms with van der Waals surface area (Å²) >= 11 is 0. The van der Waals surface area contributed by atoms with E-state index in [1.54, 1.807) is 4.90 Å². The van der Waals surface area contributed by atoms with Gasteiger partial charge in [-0.15, -0.1) is 0 Å². The molecule has 0 saturated carbocycles. The lowest BCUT2D eigenvalue weighted by Crippen LogP contribution is -2.41. The quantitative estimate of drug-likeness (QED) is 0.694. The van der Waals surface area contributed by atoms with E-state index in [4.69, 9.17) is 0 Å². The Bertz CT molecular complexity index is 571. The molecular formula is C13H20N4O3. The van der Waals surface area contributed by atoms with E-state index < -0.39 is 11.2 Å². The monoisotopic (exact) mass is 280 g/mol. The Morgan fingerprint density at radius 1 is 1.35 bits per heavy atom. The first-order valence-electron chi connectivity index (χ1n) is 6.93. The van der Waals surface area contributed by atoms with Crippen molar-refractivity contribution in [2.45, 2.75) is 19.8 Å². The second kappa shape index (κ2) is 6.51. The van der Waals surface area contributed by atoms with Crippen LogP contribution in [0.1, 0.15) is 30.1 Å². The second-order valence-electron chi connectivity index (χ2n) is 5.02. The third kappa shape index (κ3) is 3.36. The van der Waals surface area contributed by atoms with Gasteiger partial charge in [0, 0.05) is 19.3 Å². The molecule has 0 atom stereocenters. The van der Waals surface area contributed by atoms with Crippen molar-refractivity contribution in [2.24, 2.45) is 5.92 Å². The molecule has 2 rings (SSSR count). The normalized spacial score (nSPS) is 16.1. The van der Waals surface area contributed by atoms with Crippen molar-refractivity contribution < 1.29 is 4.79 Å². The summed E-state index contributed by atoms with van der Waals surface area (Å²) in [6.07, 6.45) is 3.26. The van der Waals surface area contributed by atoms with Gasteiger partial charge in [0.1, 0.15) is 5.56 Å². The molecule has 1 fully saturated rings. The zero-order chi connectivity index (χ0) is 14.5. The van der Waals surface area contributed by atoms with Crippen LogP contribution in [0.4, 0.5) is 0 Å². The molecule has 110 valence electrons. The van der Waals surface area contributed by atoms with E-state index in [9.17, 15) is 14.4 Å². The Kier molecular flexibility index (Phi) is 4.73. The van der Waals surface area contributed by atoms with Gasteiger partial charge in [-0.3, -0.25) is 14.6 Å². The van der Waals surface area contributed by atoms with E-state index in [1.807, 2.05) is 6.92 Å². The molecule has 1 aliphatic rings. The van der Waals surface area contributed by atoms with Gasteiger partial charge >= 0.3 is 5.69 Å². The molecule has 1 aromatic rings. The first-order chi connectivity index (χ1) is 9.61. The molecule has 1 saturated heterocycles. The van der Waals surface area contributed by atoms with Crippen LogP contribution in [0, 0.1) is 5.92 Å². The SMILES string of the molecule is CCN(CC1CCNCC1)C(=O)c1c[nH]c(=O)[nH]c1=O. The Morgan fingerprint density at radius 2 is 2.05 bits per heavy atom. The van der Waals surface area contributed by atoms with Gasteiger partial charge in [0.25, 0.3) is 11.5 Å². The summed E-state index contributed by atoms with van der Waals surface area (Å²) in [5.74, 6) is 0.130. The number of carbonyl (C=O) groups is 1. The lowest BCUT2D eigenvalue weighted by atomic mass is 9.97. The number of hydrogen-bond acceptors (Lipinski definition) is 4. The third-order valence-electron chi connectivity index (χ3n) is 3.66. The molecule has 1 amide bonds. The van der Waals surface area contributed by atoms with Gasteiger partial charge in [-0.05, 0) is 38.8 Å². The van der Waals surface area contributed by atoms with E-state index in [0.29, 0.717) is 19.0 Å². The van der Waals surface area contributed by atoms with Crippen molar-refractivity contribution in [3.63, 3.8) is 0 Å². The topological polar surface area (TPSA) is 98.1 Å². The van der Waals surface area contributed by atoms with Crippen molar-refractivity contribution in [1.29, 1.82) is 0 Å². The maximum atomic E-state index is 12.3. The zero-order valence-corrected chi connectivity index (χ0v) is 11.6. The van der Waals surface area contributed by atoms with Crippen molar-refractivity contribution in [2.75, 3.05) is 26.2 Å². The maximum Gasteiger partial charge on any atom is 0.325 e. The van der Waals surface area contributed by atoms with Crippen LogP contribution in [0.2, 0.25) is 0 Å². The number of piperidine rings is 1. The number of amides is 1. The van der Waals surface area contributed by atoms with Crippen molar-refractivity contribution >= 4 is 5.91 Å². The van der Waals surface area contributed by atoms with E-state index in [2.05, 4.69) is 15.3 Å². The Morgan fingerprint density at radius 3 is 2.65 bits per heavy atom. The van der Waals surface area contributed by atoms with Crippen LogP contribution < -0.4 is 16.6 Å². The molecule has 0 spiro atoms. The Balaban J connectivity index is 2.11. The maximum absolute atomic E-state index is 12.3. The van der Waals surface area contributed by atoms with Crippen LogP contribution in [-0.4, -0.2) is 47.0 Å². The molecule has 0 bridgehead atoms. The molecule has 0 aliphatic carbocycles. The van der Waals surface area contributed by atoms with E-state index in [-0.39, 0.29) is 11.5 Å². The van der Waals surface area contributed by atoms with Crippen LogP contribution >= 0.6 is 0 Å². The van der Waals surface area contributed by atoms with Gasteiger partial charge in [0.2, 0.25) is 0 Å². The minimum atomic E-state index is -0.637. The predicted octanol–water partition coefficient (Wildman–Crippen LogP) is -0.475. The summed E-state index contributed by atoms with van der Waals surface area (Å²) in [4.78, 5) is 41.1. The molecule has 0 aromatic carbocycles. The number of aromatic nitrogens is 2. The fraction of sp³-hybridized carbons (Fsp3) is 0.615. The van der Waals surface area contributed by atoms with Gasteiger partial charge in [0.05, 0.1) is 0 Å². The first-order valence-corrected chi connectivity index (χ1v) is 6.93. The molecule has 20 heavy (non-hydrogen) atoms. The predicted molar refractivity (Wildman–Crippen MR) is 74.9 cm³/mol. The minimum absolute atomic E-state index is 0.0135. The highest BCUT2D eigenvalue weighted by Crippen LogP contribution is 2.14. The standard InChI is InChI=1S/C13H20N4O3/c1-2-17(8-9-3-5-14-6-4-9)12(19)10-7-15-13(20)16-11(10)18/h7,9,14H,2-6,8H2,1H3,(H2,15,16,18,20).